The van der Waals surface area contributed by atoms with Crippen molar-refractivity contribution in [2.45, 2.75) is 45.6 Å². The fourth-order valence-electron chi connectivity index (χ4n) is 2.67. The average Bonchev–Trinajstić information content (AvgIpc) is 2.96. The van der Waals surface area contributed by atoms with Gasteiger partial charge in [-0.05, 0) is 31.6 Å². The number of ether oxygens (including phenoxy) is 2. The second-order valence-corrected chi connectivity index (χ2v) is 7.18. The third kappa shape index (κ3) is 4.14. The molecule has 0 aliphatic carbocycles. The summed E-state index contributed by atoms with van der Waals surface area (Å²) in [6.07, 6.45) is 3.86. The van der Waals surface area contributed by atoms with Crippen LogP contribution in [0.2, 0.25) is 0 Å². The van der Waals surface area contributed by atoms with Gasteiger partial charge < -0.3 is 15.2 Å². The van der Waals surface area contributed by atoms with Gasteiger partial charge in [0.25, 0.3) is 0 Å². The van der Waals surface area contributed by atoms with E-state index in [2.05, 4.69) is 24.0 Å². The molecule has 1 aromatic heterocycles. The lowest BCUT2D eigenvalue weighted by molar-refractivity contribution is -0.184. The van der Waals surface area contributed by atoms with Crippen molar-refractivity contribution in [3.63, 3.8) is 0 Å². The molecule has 1 aromatic rings. The van der Waals surface area contributed by atoms with E-state index in [-0.39, 0.29) is 5.60 Å². The van der Waals surface area contributed by atoms with Crippen molar-refractivity contribution in [1.82, 2.24) is 10.2 Å². The highest BCUT2D eigenvalue weighted by atomic mass is 32.1. The maximum atomic E-state index is 5.81. The molecule has 0 aromatic carbocycles. The molecule has 2 N–H and O–H groups in total. The summed E-state index contributed by atoms with van der Waals surface area (Å²) >= 11 is 1.40. The van der Waals surface area contributed by atoms with Crippen molar-refractivity contribution in [1.29, 1.82) is 0 Å². The Bertz CT molecular complexity index is 404. The highest BCUT2D eigenvalue weighted by molar-refractivity contribution is 7.14. The Balaban J connectivity index is 0.000000178. The first-order chi connectivity index (χ1) is 9.53. The predicted octanol–water partition coefficient (Wildman–Crippen LogP) is 2.66. The fraction of sp³-hybridized carbons (Fsp3) is 0.857. The molecule has 2 aliphatic heterocycles. The molecule has 20 heavy (non-hydrogen) atoms. The molecule has 1 spiro atoms. The molecule has 2 atom stereocenters. The molecular weight excluding hydrogens is 274 g/mol. The number of anilines is 1. The van der Waals surface area contributed by atoms with Crippen LogP contribution < -0.4 is 5.73 Å². The standard InChI is InChI=1S/C11H20O2.C3H5N3S/c1-3-9(2)4-10-5-11(13-6-10)7-12-8-11;1-2-5-6-3(4)7-2/h9-10H,3-8H2,1-2H3;1H3,(H2,4,6). The maximum Gasteiger partial charge on any atom is 0.203 e. The third-order valence-electron chi connectivity index (χ3n) is 3.99. The summed E-state index contributed by atoms with van der Waals surface area (Å²) < 4.78 is 11.0. The zero-order valence-corrected chi connectivity index (χ0v) is 13.4. The van der Waals surface area contributed by atoms with Crippen LogP contribution in [-0.2, 0) is 9.47 Å². The normalized spacial score (nSPS) is 24.9. The van der Waals surface area contributed by atoms with E-state index >= 15 is 0 Å². The van der Waals surface area contributed by atoms with Gasteiger partial charge in [-0.15, -0.1) is 10.2 Å². The van der Waals surface area contributed by atoms with Crippen LogP contribution in [0, 0.1) is 18.8 Å². The summed E-state index contributed by atoms with van der Waals surface area (Å²) in [5.74, 6) is 1.64. The van der Waals surface area contributed by atoms with Gasteiger partial charge in [0.15, 0.2) is 0 Å². The minimum Gasteiger partial charge on any atom is -0.375 e. The van der Waals surface area contributed by atoms with Crippen molar-refractivity contribution in [3.8, 4) is 0 Å². The fourth-order valence-corrected chi connectivity index (χ4v) is 3.13. The predicted molar refractivity (Wildman–Crippen MR) is 80.7 cm³/mol. The first-order valence-corrected chi connectivity index (χ1v) is 8.12. The summed E-state index contributed by atoms with van der Waals surface area (Å²) in [4.78, 5) is 0. The van der Waals surface area contributed by atoms with Crippen LogP contribution >= 0.6 is 11.3 Å². The molecule has 2 fully saturated rings. The van der Waals surface area contributed by atoms with Crippen LogP contribution in [0.1, 0.15) is 38.1 Å². The molecule has 2 aliphatic rings. The Morgan fingerprint density at radius 2 is 2.20 bits per heavy atom. The van der Waals surface area contributed by atoms with E-state index < -0.39 is 0 Å². The molecule has 0 radical (unpaired) electrons. The summed E-state index contributed by atoms with van der Waals surface area (Å²) in [6.45, 7) is 9.11. The van der Waals surface area contributed by atoms with E-state index in [0.29, 0.717) is 5.13 Å². The number of aryl methyl sites for hydroxylation is 1. The number of hydrogen-bond donors (Lipinski definition) is 1. The number of nitrogen functional groups attached to an aromatic ring is 1. The maximum absolute atomic E-state index is 5.81. The molecule has 0 amide bonds. The van der Waals surface area contributed by atoms with Gasteiger partial charge >= 0.3 is 0 Å². The van der Waals surface area contributed by atoms with Crippen LogP contribution in [0.25, 0.3) is 0 Å². The molecule has 3 heterocycles. The summed E-state index contributed by atoms with van der Waals surface area (Å²) in [5.41, 5.74) is 5.37. The molecule has 2 saturated heterocycles. The van der Waals surface area contributed by atoms with Gasteiger partial charge in [0.1, 0.15) is 10.6 Å². The number of hydrogen-bond acceptors (Lipinski definition) is 6. The van der Waals surface area contributed by atoms with E-state index in [4.69, 9.17) is 15.2 Å². The van der Waals surface area contributed by atoms with E-state index in [1.54, 1.807) is 0 Å². The zero-order valence-electron chi connectivity index (χ0n) is 12.6. The lowest BCUT2D eigenvalue weighted by Crippen LogP contribution is -2.49. The molecule has 6 heteroatoms. The number of rotatable bonds is 3. The number of aromatic nitrogens is 2. The Kier molecular flexibility index (Phi) is 5.35. The van der Waals surface area contributed by atoms with Crippen LogP contribution in [0.5, 0.6) is 0 Å². The highest BCUT2D eigenvalue weighted by Crippen LogP contribution is 2.38. The SMILES string of the molecule is CCC(C)CC1COC2(COC2)C1.Cc1nnc(N)s1. The number of nitrogens with zero attached hydrogens (tertiary/aromatic N) is 2. The van der Waals surface area contributed by atoms with Gasteiger partial charge in [-0.2, -0.15) is 0 Å². The first kappa shape index (κ1) is 15.7. The molecule has 5 nitrogen and oxygen atoms in total. The first-order valence-electron chi connectivity index (χ1n) is 7.30. The van der Waals surface area contributed by atoms with Gasteiger partial charge in [0, 0.05) is 0 Å². The Morgan fingerprint density at radius 3 is 2.55 bits per heavy atom. The van der Waals surface area contributed by atoms with E-state index in [9.17, 15) is 0 Å². The zero-order chi connectivity index (χ0) is 14.6. The monoisotopic (exact) mass is 299 g/mol. The lowest BCUT2D eigenvalue weighted by atomic mass is 9.87. The van der Waals surface area contributed by atoms with Gasteiger partial charge in [-0.25, -0.2) is 0 Å². The summed E-state index contributed by atoms with van der Waals surface area (Å²) in [5, 5.41) is 8.68. The summed E-state index contributed by atoms with van der Waals surface area (Å²) in [7, 11) is 0. The van der Waals surface area contributed by atoms with Crippen LogP contribution in [0.3, 0.4) is 0 Å². The van der Waals surface area contributed by atoms with Gasteiger partial charge in [0.05, 0.1) is 19.8 Å². The quantitative estimate of drug-likeness (QED) is 0.929. The van der Waals surface area contributed by atoms with Crippen molar-refractivity contribution in [2.75, 3.05) is 25.6 Å². The molecule has 0 bridgehead atoms. The number of nitrogens with two attached hydrogens (primary N) is 1. The van der Waals surface area contributed by atoms with Crippen molar-refractivity contribution in [3.05, 3.63) is 5.01 Å². The smallest absolute Gasteiger partial charge is 0.203 e. The third-order valence-corrected chi connectivity index (χ3v) is 4.66. The Labute approximate surface area is 124 Å². The van der Waals surface area contributed by atoms with Crippen molar-refractivity contribution < 1.29 is 9.47 Å². The molecule has 114 valence electrons. The average molecular weight is 299 g/mol. The van der Waals surface area contributed by atoms with E-state index in [1.807, 2.05) is 6.92 Å². The lowest BCUT2D eigenvalue weighted by Gasteiger charge is -2.36. The second-order valence-electron chi connectivity index (χ2n) is 5.97. The molecule has 2 unspecified atom stereocenters. The van der Waals surface area contributed by atoms with Gasteiger partial charge in [-0.1, -0.05) is 31.6 Å². The van der Waals surface area contributed by atoms with E-state index in [1.165, 1.54) is 30.6 Å². The minimum atomic E-state index is 0.151. The van der Waals surface area contributed by atoms with Crippen molar-refractivity contribution in [2.24, 2.45) is 11.8 Å². The molecule has 0 saturated carbocycles. The molecule has 3 rings (SSSR count). The van der Waals surface area contributed by atoms with Crippen LogP contribution in [-0.4, -0.2) is 35.6 Å². The molecular formula is C14H25N3O2S. The highest BCUT2D eigenvalue weighted by Gasteiger charge is 2.46. The van der Waals surface area contributed by atoms with E-state index in [0.717, 1.165) is 36.7 Å². The topological polar surface area (TPSA) is 70.3 Å². The van der Waals surface area contributed by atoms with Crippen molar-refractivity contribution >= 4 is 16.5 Å². The summed E-state index contributed by atoms with van der Waals surface area (Å²) in [6, 6.07) is 0. The second kappa shape index (κ2) is 6.83. The van der Waals surface area contributed by atoms with Gasteiger partial charge in [0.2, 0.25) is 5.13 Å². The Hall–Kier alpha value is -0.720. The Morgan fingerprint density at radius 1 is 1.45 bits per heavy atom. The minimum absolute atomic E-state index is 0.151. The largest absolute Gasteiger partial charge is 0.375 e. The van der Waals surface area contributed by atoms with Gasteiger partial charge in [-0.3, -0.25) is 0 Å². The van der Waals surface area contributed by atoms with Crippen LogP contribution in [0.4, 0.5) is 5.13 Å². The van der Waals surface area contributed by atoms with Crippen LogP contribution in [0.15, 0.2) is 0 Å².